The molecule has 1 nitrogen and oxygen atoms in total. The summed E-state index contributed by atoms with van der Waals surface area (Å²) in [5.41, 5.74) is 2.49. The molecular formula is C9H12OS. The van der Waals surface area contributed by atoms with Gasteiger partial charge in [-0.05, 0) is 30.2 Å². The maximum absolute atomic E-state index is 5.07. The number of hydrogen-bond acceptors (Lipinski definition) is 2. The number of rotatable bonds is 2. The Balaban J connectivity index is 2.99. The topological polar surface area (TPSA) is 9.23 Å². The fourth-order valence-corrected chi connectivity index (χ4v) is 1.33. The quantitative estimate of drug-likeness (QED) is 0.667. The van der Waals surface area contributed by atoms with Gasteiger partial charge < -0.3 is 4.74 Å². The van der Waals surface area contributed by atoms with Crippen molar-refractivity contribution < 1.29 is 4.74 Å². The standard InChI is InChI=1S/C9H12OS/c1-7-5-9(10-2)4-3-8(7)6-11/h3-5,11H,6H2,1-2H3. The van der Waals surface area contributed by atoms with Crippen molar-refractivity contribution in [3.05, 3.63) is 29.3 Å². The summed E-state index contributed by atoms with van der Waals surface area (Å²) < 4.78 is 5.07. The van der Waals surface area contributed by atoms with Gasteiger partial charge in [0.2, 0.25) is 0 Å². The van der Waals surface area contributed by atoms with Crippen LogP contribution in [0.5, 0.6) is 5.75 Å². The fraction of sp³-hybridized carbons (Fsp3) is 0.333. The number of aryl methyl sites for hydroxylation is 1. The molecule has 0 bridgehead atoms. The average Bonchev–Trinajstić information content (AvgIpc) is 2.04. The minimum absolute atomic E-state index is 0.788. The molecule has 0 aromatic heterocycles. The molecule has 0 aliphatic carbocycles. The van der Waals surface area contributed by atoms with Crippen LogP contribution in [0.3, 0.4) is 0 Å². The zero-order chi connectivity index (χ0) is 8.27. The van der Waals surface area contributed by atoms with Gasteiger partial charge in [0.15, 0.2) is 0 Å². The minimum atomic E-state index is 0.788. The number of thiol groups is 1. The molecule has 0 unspecified atom stereocenters. The first-order valence-electron chi connectivity index (χ1n) is 3.52. The van der Waals surface area contributed by atoms with Gasteiger partial charge in [-0.15, -0.1) is 0 Å². The summed E-state index contributed by atoms with van der Waals surface area (Å²) in [6.45, 7) is 2.06. The Morgan fingerprint density at radius 3 is 2.64 bits per heavy atom. The van der Waals surface area contributed by atoms with Gasteiger partial charge in [0, 0.05) is 5.75 Å². The van der Waals surface area contributed by atoms with E-state index in [2.05, 4.69) is 19.6 Å². The van der Waals surface area contributed by atoms with Crippen molar-refractivity contribution in [2.45, 2.75) is 12.7 Å². The van der Waals surface area contributed by atoms with Crippen LogP contribution in [0.25, 0.3) is 0 Å². The van der Waals surface area contributed by atoms with Crippen molar-refractivity contribution >= 4 is 12.6 Å². The van der Waals surface area contributed by atoms with Gasteiger partial charge in [-0.3, -0.25) is 0 Å². The van der Waals surface area contributed by atoms with Crippen molar-refractivity contribution in [1.29, 1.82) is 0 Å². The molecular weight excluding hydrogens is 156 g/mol. The molecule has 11 heavy (non-hydrogen) atoms. The van der Waals surface area contributed by atoms with Crippen LogP contribution in [0.15, 0.2) is 18.2 Å². The summed E-state index contributed by atoms with van der Waals surface area (Å²) in [6.07, 6.45) is 0. The summed E-state index contributed by atoms with van der Waals surface area (Å²) in [4.78, 5) is 0. The largest absolute Gasteiger partial charge is 0.497 e. The molecule has 0 spiro atoms. The van der Waals surface area contributed by atoms with E-state index in [-0.39, 0.29) is 0 Å². The third-order valence-corrected chi connectivity index (χ3v) is 2.06. The highest BCUT2D eigenvalue weighted by molar-refractivity contribution is 7.79. The van der Waals surface area contributed by atoms with Gasteiger partial charge >= 0.3 is 0 Å². The third-order valence-electron chi connectivity index (χ3n) is 1.72. The summed E-state index contributed by atoms with van der Waals surface area (Å²) in [7, 11) is 1.68. The van der Waals surface area contributed by atoms with Crippen LogP contribution in [-0.2, 0) is 5.75 Å². The predicted molar refractivity (Wildman–Crippen MR) is 50.4 cm³/mol. The third kappa shape index (κ3) is 1.90. The van der Waals surface area contributed by atoms with Crippen LogP contribution < -0.4 is 4.74 Å². The number of benzene rings is 1. The van der Waals surface area contributed by atoms with Crippen LogP contribution >= 0.6 is 12.6 Å². The van der Waals surface area contributed by atoms with E-state index in [4.69, 9.17) is 4.74 Å². The molecule has 60 valence electrons. The maximum Gasteiger partial charge on any atom is 0.119 e. The van der Waals surface area contributed by atoms with Crippen molar-refractivity contribution in [3.8, 4) is 5.75 Å². The molecule has 0 aliphatic rings. The van der Waals surface area contributed by atoms with E-state index < -0.39 is 0 Å². The Kier molecular flexibility index (Phi) is 2.83. The normalized spacial score (nSPS) is 9.73. The second-order valence-electron chi connectivity index (χ2n) is 2.45. The first kappa shape index (κ1) is 8.47. The highest BCUT2D eigenvalue weighted by atomic mass is 32.1. The van der Waals surface area contributed by atoms with Crippen LogP contribution in [0, 0.1) is 6.92 Å². The lowest BCUT2D eigenvalue weighted by molar-refractivity contribution is 0.414. The molecule has 1 aromatic carbocycles. The predicted octanol–water partition coefficient (Wildman–Crippen LogP) is 2.43. The van der Waals surface area contributed by atoms with Crippen LogP contribution in [0.1, 0.15) is 11.1 Å². The molecule has 2 heteroatoms. The van der Waals surface area contributed by atoms with Crippen molar-refractivity contribution in [2.24, 2.45) is 0 Å². The van der Waals surface area contributed by atoms with E-state index in [9.17, 15) is 0 Å². The van der Waals surface area contributed by atoms with E-state index in [0.29, 0.717) is 0 Å². The molecule has 0 N–H and O–H groups in total. The minimum Gasteiger partial charge on any atom is -0.497 e. The van der Waals surface area contributed by atoms with Crippen molar-refractivity contribution in [3.63, 3.8) is 0 Å². The van der Waals surface area contributed by atoms with E-state index in [0.717, 1.165) is 11.5 Å². The molecule has 0 saturated carbocycles. The lowest BCUT2D eigenvalue weighted by atomic mass is 10.1. The molecule has 0 aliphatic heterocycles. The smallest absolute Gasteiger partial charge is 0.119 e. The fourth-order valence-electron chi connectivity index (χ4n) is 0.973. The number of ether oxygens (including phenoxy) is 1. The monoisotopic (exact) mass is 168 g/mol. The molecule has 0 saturated heterocycles. The molecule has 0 fully saturated rings. The first-order chi connectivity index (χ1) is 5.27. The Morgan fingerprint density at radius 2 is 2.18 bits per heavy atom. The van der Waals surface area contributed by atoms with Gasteiger partial charge in [-0.2, -0.15) is 12.6 Å². The van der Waals surface area contributed by atoms with E-state index in [1.165, 1.54) is 11.1 Å². The second kappa shape index (κ2) is 3.67. The Bertz CT molecular complexity index is 245. The lowest BCUT2D eigenvalue weighted by Gasteiger charge is -2.04. The van der Waals surface area contributed by atoms with Crippen molar-refractivity contribution in [2.75, 3.05) is 7.11 Å². The van der Waals surface area contributed by atoms with E-state index in [1.54, 1.807) is 7.11 Å². The molecule has 0 radical (unpaired) electrons. The Hall–Kier alpha value is -0.630. The van der Waals surface area contributed by atoms with Crippen LogP contribution in [0.2, 0.25) is 0 Å². The maximum atomic E-state index is 5.07. The van der Waals surface area contributed by atoms with Crippen molar-refractivity contribution in [1.82, 2.24) is 0 Å². The van der Waals surface area contributed by atoms with Gasteiger partial charge in [-0.1, -0.05) is 6.07 Å². The summed E-state index contributed by atoms with van der Waals surface area (Å²) in [6, 6.07) is 6.02. The highest BCUT2D eigenvalue weighted by Gasteiger charge is 1.96. The molecule has 0 heterocycles. The number of methoxy groups -OCH3 is 1. The number of hydrogen-bond donors (Lipinski definition) is 1. The average molecular weight is 168 g/mol. The molecule has 0 amide bonds. The Labute approximate surface area is 72.8 Å². The molecule has 1 aromatic rings. The summed E-state index contributed by atoms with van der Waals surface area (Å²) >= 11 is 4.20. The van der Waals surface area contributed by atoms with Gasteiger partial charge in [0.25, 0.3) is 0 Å². The van der Waals surface area contributed by atoms with Gasteiger partial charge in [0.05, 0.1) is 7.11 Å². The second-order valence-corrected chi connectivity index (χ2v) is 2.77. The van der Waals surface area contributed by atoms with Gasteiger partial charge in [-0.25, -0.2) is 0 Å². The lowest BCUT2D eigenvalue weighted by Crippen LogP contribution is -1.87. The summed E-state index contributed by atoms with van der Waals surface area (Å²) in [5, 5.41) is 0. The van der Waals surface area contributed by atoms with Crippen LogP contribution in [0.4, 0.5) is 0 Å². The summed E-state index contributed by atoms with van der Waals surface area (Å²) in [5.74, 6) is 1.70. The zero-order valence-electron chi connectivity index (χ0n) is 6.79. The highest BCUT2D eigenvalue weighted by Crippen LogP contribution is 2.17. The van der Waals surface area contributed by atoms with E-state index >= 15 is 0 Å². The SMILES string of the molecule is COc1ccc(CS)c(C)c1. The van der Waals surface area contributed by atoms with Gasteiger partial charge in [0.1, 0.15) is 5.75 Å². The first-order valence-corrected chi connectivity index (χ1v) is 4.15. The molecule has 1 rings (SSSR count). The van der Waals surface area contributed by atoms with E-state index in [1.807, 2.05) is 18.2 Å². The van der Waals surface area contributed by atoms with Crippen LogP contribution in [-0.4, -0.2) is 7.11 Å². The molecule has 0 atom stereocenters. The zero-order valence-corrected chi connectivity index (χ0v) is 7.69. The Morgan fingerprint density at radius 1 is 1.45 bits per heavy atom.